The molecule has 9 heteroatoms. The normalized spacial score (nSPS) is 21.4. The molecule has 1 N–H and O–H groups in total. The second-order valence-corrected chi connectivity index (χ2v) is 10.3. The molecule has 1 aliphatic carbocycles. The van der Waals surface area contributed by atoms with Crippen molar-refractivity contribution in [3.8, 4) is 5.69 Å². The van der Waals surface area contributed by atoms with Gasteiger partial charge >= 0.3 is 6.09 Å². The molecule has 0 radical (unpaired) electrons. The summed E-state index contributed by atoms with van der Waals surface area (Å²) in [5, 5.41) is 5.08. The van der Waals surface area contributed by atoms with Crippen LogP contribution < -0.4 is 5.32 Å². The standard InChI is InChI=1S/C24H29ClN6O2/c1-14-21(30(8-7-27-14)23(32)33-24(2,3)4)20-19-18(15-5-6-15)12-31(22(19)29-13-28-20)17-9-16(25)10-26-11-17/h9-15,21,27H,5-8H2,1-4H3. The quantitative estimate of drug-likeness (QED) is 0.603. The van der Waals surface area contributed by atoms with Gasteiger partial charge in [0.1, 0.15) is 17.6 Å². The van der Waals surface area contributed by atoms with Gasteiger partial charge in [0.05, 0.1) is 28.6 Å². The van der Waals surface area contributed by atoms with Crippen LogP contribution in [0.2, 0.25) is 5.02 Å². The molecular weight excluding hydrogens is 440 g/mol. The van der Waals surface area contributed by atoms with Crippen LogP contribution in [-0.2, 0) is 4.74 Å². The highest BCUT2D eigenvalue weighted by Crippen LogP contribution is 2.46. The maximum atomic E-state index is 13.2. The highest BCUT2D eigenvalue weighted by molar-refractivity contribution is 6.30. The van der Waals surface area contributed by atoms with Crippen LogP contribution in [0.4, 0.5) is 4.79 Å². The predicted octanol–water partition coefficient (Wildman–Crippen LogP) is 4.62. The Kier molecular flexibility index (Phi) is 5.53. The van der Waals surface area contributed by atoms with Crippen molar-refractivity contribution in [1.82, 2.24) is 29.7 Å². The number of amides is 1. The van der Waals surface area contributed by atoms with Crippen molar-refractivity contribution in [3.05, 3.63) is 47.3 Å². The van der Waals surface area contributed by atoms with Crippen molar-refractivity contribution in [1.29, 1.82) is 0 Å². The van der Waals surface area contributed by atoms with Crippen LogP contribution in [0.1, 0.15) is 63.8 Å². The van der Waals surface area contributed by atoms with Crippen LogP contribution in [0.3, 0.4) is 0 Å². The van der Waals surface area contributed by atoms with Gasteiger partial charge in [0.15, 0.2) is 0 Å². The van der Waals surface area contributed by atoms with Crippen molar-refractivity contribution >= 4 is 28.7 Å². The smallest absolute Gasteiger partial charge is 0.410 e. The lowest BCUT2D eigenvalue weighted by Gasteiger charge is -2.40. The third-order valence-electron chi connectivity index (χ3n) is 6.16. The fraction of sp³-hybridized carbons (Fsp3) is 0.500. The summed E-state index contributed by atoms with van der Waals surface area (Å²) in [4.78, 5) is 28.6. The van der Waals surface area contributed by atoms with E-state index in [9.17, 15) is 4.79 Å². The van der Waals surface area contributed by atoms with Gasteiger partial charge in [0, 0.05) is 36.9 Å². The van der Waals surface area contributed by atoms with Crippen LogP contribution in [0.25, 0.3) is 16.7 Å². The van der Waals surface area contributed by atoms with E-state index in [0.29, 0.717) is 24.0 Å². The van der Waals surface area contributed by atoms with Gasteiger partial charge in [-0.15, -0.1) is 0 Å². The third kappa shape index (κ3) is 4.29. The molecule has 1 amide bonds. The molecule has 3 aromatic heterocycles. The van der Waals surface area contributed by atoms with Gasteiger partial charge in [0.25, 0.3) is 0 Å². The van der Waals surface area contributed by atoms with Gasteiger partial charge in [-0.1, -0.05) is 11.6 Å². The average molecular weight is 469 g/mol. The Balaban J connectivity index is 1.66. The minimum absolute atomic E-state index is 0.00704. The summed E-state index contributed by atoms with van der Waals surface area (Å²) in [7, 11) is 0. The number of carbonyl (C=O) groups excluding carboxylic acids is 1. The van der Waals surface area contributed by atoms with Crippen molar-refractivity contribution in [3.63, 3.8) is 0 Å². The highest BCUT2D eigenvalue weighted by Gasteiger charge is 2.39. The number of carbonyl (C=O) groups is 1. The van der Waals surface area contributed by atoms with Gasteiger partial charge in [-0.3, -0.25) is 14.5 Å². The van der Waals surface area contributed by atoms with Crippen LogP contribution >= 0.6 is 11.6 Å². The maximum absolute atomic E-state index is 13.2. The fourth-order valence-corrected chi connectivity index (χ4v) is 4.78. The average Bonchev–Trinajstić information content (AvgIpc) is 3.52. The Labute approximate surface area is 198 Å². The molecule has 5 rings (SSSR count). The van der Waals surface area contributed by atoms with E-state index in [2.05, 4.69) is 28.4 Å². The molecule has 33 heavy (non-hydrogen) atoms. The molecule has 1 saturated heterocycles. The van der Waals surface area contributed by atoms with E-state index in [1.807, 2.05) is 36.3 Å². The van der Waals surface area contributed by atoms with E-state index in [1.54, 1.807) is 18.7 Å². The van der Waals surface area contributed by atoms with Crippen LogP contribution in [0.15, 0.2) is 31.0 Å². The van der Waals surface area contributed by atoms with Gasteiger partial charge in [0.2, 0.25) is 0 Å². The Morgan fingerprint density at radius 3 is 2.73 bits per heavy atom. The second kappa shape index (κ2) is 8.25. The zero-order valence-corrected chi connectivity index (χ0v) is 20.1. The number of halogens is 1. The molecule has 2 atom stereocenters. The molecule has 0 bridgehead atoms. The molecule has 8 nitrogen and oxygen atoms in total. The summed E-state index contributed by atoms with van der Waals surface area (Å²) in [6, 6.07) is 1.61. The van der Waals surface area contributed by atoms with E-state index in [-0.39, 0.29) is 18.2 Å². The lowest BCUT2D eigenvalue weighted by molar-refractivity contribution is 0.00596. The Hall–Kier alpha value is -2.71. The Morgan fingerprint density at radius 1 is 1.24 bits per heavy atom. The van der Waals surface area contributed by atoms with Crippen LogP contribution in [0, 0.1) is 0 Å². The zero-order valence-electron chi connectivity index (χ0n) is 19.4. The topological polar surface area (TPSA) is 85.2 Å². The Bertz CT molecular complexity index is 1200. The molecule has 3 aromatic rings. The molecule has 1 saturated carbocycles. The number of aromatic nitrogens is 4. The summed E-state index contributed by atoms with van der Waals surface area (Å²) in [6.07, 6.45) is 9.06. The number of ether oxygens (including phenoxy) is 1. The summed E-state index contributed by atoms with van der Waals surface area (Å²) in [5.74, 6) is 0.465. The largest absolute Gasteiger partial charge is 0.444 e. The number of nitrogens with one attached hydrogen (secondary N) is 1. The molecular formula is C24H29ClN6O2. The van der Waals surface area contributed by atoms with Crippen LogP contribution in [-0.4, -0.2) is 55.2 Å². The summed E-state index contributed by atoms with van der Waals surface area (Å²) in [6.45, 7) is 9.00. The first kappa shape index (κ1) is 22.1. The molecule has 4 heterocycles. The van der Waals surface area contributed by atoms with Gasteiger partial charge in [-0.2, -0.15) is 0 Å². The van der Waals surface area contributed by atoms with Gasteiger partial charge < -0.3 is 10.1 Å². The number of hydrogen-bond acceptors (Lipinski definition) is 6. The van der Waals surface area contributed by atoms with Crippen molar-refractivity contribution in [2.45, 2.75) is 64.1 Å². The van der Waals surface area contributed by atoms with Gasteiger partial charge in [-0.05, 0) is 58.1 Å². The van der Waals surface area contributed by atoms with E-state index in [4.69, 9.17) is 21.3 Å². The number of hydrogen-bond donors (Lipinski definition) is 1. The lowest BCUT2D eigenvalue weighted by atomic mass is 9.97. The number of rotatable bonds is 3. The number of pyridine rings is 1. The maximum Gasteiger partial charge on any atom is 0.410 e. The summed E-state index contributed by atoms with van der Waals surface area (Å²) >= 11 is 6.23. The van der Waals surface area contributed by atoms with E-state index >= 15 is 0 Å². The van der Waals surface area contributed by atoms with Crippen molar-refractivity contribution in [2.75, 3.05) is 13.1 Å². The summed E-state index contributed by atoms with van der Waals surface area (Å²) < 4.78 is 7.79. The SMILES string of the molecule is CC1NCCN(C(=O)OC(C)(C)C)C1c1ncnc2c1c(C1CC1)cn2-c1cncc(Cl)c1. The third-order valence-corrected chi connectivity index (χ3v) is 6.37. The molecule has 0 spiro atoms. The zero-order chi connectivity index (χ0) is 23.3. The molecule has 2 unspecified atom stereocenters. The molecule has 174 valence electrons. The van der Waals surface area contributed by atoms with E-state index in [1.165, 1.54) is 5.56 Å². The Morgan fingerprint density at radius 2 is 2.03 bits per heavy atom. The lowest BCUT2D eigenvalue weighted by Crippen LogP contribution is -2.54. The molecule has 2 aliphatic rings. The van der Waals surface area contributed by atoms with E-state index < -0.39 is 5.60 Å². The summed E-state index contributed by atoms with van der Waals surface area (Å²) in [5.41, 5.74) is 3.14. The highest BCUT2D eigenvalue weighted by atomic mass is 35.5. The monoisotopic (exact) mass is 468 g/mol. The molecule has 2 fully saturated rings. The number of piperazine rings is 1. The predicted molar refractivity (Wildman–Crippen MR) is 127 cm³/mol. The first-order valence-electron chi connectivity index (χ1n) is 11.4. The minimum atomic E-state index is -0.571. The molecule has 1 aliphatic heterocycles. The fourth-order valence-electron chi connectivity index (χ4n) is 4.61. The number of nitrogens with zero attached hydrogens (tertiary/aromatic N) is 5. The van der Waals surface area contributed by atoms with Crippen molar-refractivity contribution < 1.29 is 9.53 Å². The minimum Gasteiger partial charge on any atom is -0.444 e. The van der Waals surface area contributed by atoms with Crippen molar-refractivity contribution in [2.24, 2.45) is 0 Å². The van der Waals surface area contributed by atoms with Crippen LogP contribution in [0.5, 0.6) is 0 Å². The second-order valence-electron chi connectivity index (χ2n) is 9.91. The first-order chi connectivity index (χ1) is 15.7. The first-order valence-corrected chi connectivity index (χ1v) is 11.8. The van der Waals surface area contributed by atoms with E-state index in [0.717, 1.165) is 35.3 Å². The van der Waals surface area contributed by atoms with Gasteiger partial charge in [-0.25, -0.2) is 14.8 Å². The number of fused-ring (bicyclic) bond motifs is 1. The molecule has 0 aromatic carbocycles.